The maximum atomic E-state index is 13.7. The fourth-order valence-corrected chi connectivity index (χ4v) is 11.7. The quantitative estimate of drug-likeness (QED) is 0.354. The maximum Gasteiger partial charge on any atom is 0.313 e. The van der Waals surface area contributed by atoms with Crippen LogP contribution in [-0.4, -0.2) is 34.0 Å². The van der Waals surface area contributed by atoms with Gasteiger partial charge in [-0.1, -0.05) is 48.1 Å². The van der Waals surface area contributed by atoms with Crippen LogP contribution in [0.2, 0.25) is 0 Å². The highest BCUT2D eigenvalue weighted by Crippen LogP contribution is 2.81. The average Bonchev–Trinajstić information content (AvgIpc) is 2.98. The Balaban J connectivity index is 1.49. The highest BCUT2D eigenvalue weighted by atomic mass is 16.6. The molecule has 0 aromatic rings. The van der Waals surface area contributed by atoms with Crippen molar-refractivity contribution in [3.05, 3.63) is 12.2 Å². The fourth-order valence-electron chi connectivity index (χ4n) is 11.7. The molecule has 1 spiro atoms. The van der Waals surface area contributed by atoms with Crippen LogP contribution in [0.3, 0.4) is 0 Å². The van der Waals surface area contributed by atoms with Gasteiger partial charge in [-0.2, -0.15) is 0 Å². The first-order chi connectivity index (χ1) is 15.7. The molecule has 12 atom stereocenters. The van der Waals surface area contributed by atoms with Gasteiger partial charge in [0.05, 0.1) is 11.5 Å². The van der Waals surface area contributed by atoms with Crippen LogP contribution in [0.4, 0.5) is 0 Å². The highest BCUT2D eigenvalue weighted by molar-refractivity contribution is 5.82. The van der Waals surface area contributed by atoms with Crippen LogP contribution in [-0.2, 0) is 9.53 Å². The van der Waals surface area contributed by atoms with E-state index in [0.29, 0.717) is 30.1 Å². The van der Waals surface area contributed by atoms with E-state index in [1.807, 2.05) is 0 Å². The van der Waals surface area contributed by atoms with Crippen LogP contribution in [0.5, 0.6) is 0 Å². The standard InChI is InChI=1S/C30H46O4/c1-17-8-10-29-15-14-28(7)26(5)13-12-25(4)19(3)22(32)20(31)16-27(25,6)21(26)9-11-30(28,34-24(29)33)23(29)18(17)2/h17-18,20-23,31-32H,3,8-16H2,1-2,4-7H3/t17-,18+,20-,21+,22-,23+,25+,26-,27-,28+,29+,30+/m1/s1. The maximum absolute atomic E-state index is 13.7. The summed E-state index contributed by atoms with van der Waals surface area (Å²) in [4.78, 5) is 13.7. The van der Waals surface area contributed by atoms with Crippen molar-refractivity contribution in [3.63, 3.8) is 0 Å². The first kappa shape index (κ1) is 23.5. The summed E-state index contributed by atoms with van der Waals surface area (Å²) in [6, 6.07) is 0. The lowest BCUT2D eigenvalue weighted by Gasteiger charge is -2.75. The summed E-state index contributed by atoms with van der Waals surface area (Å²) in [7, 11) is 0. The molecular weight excluding hydrogens is 424 g/mol. The Morgan fingerprint density at radius 3 is 2.32 bits per heavy atom. The third-order valence-electron chi connectivity index (χ3n) is 14.3. The van der Waals surface area contributed by atoms with Crippen LogP contribution >= 0.6 is 0 Å². The van der Waals surface area contributed by atoms with E-state index in [-0.39, 0.29) is 38.6 Å². The van der Waals surface area contributed by atoms with Gasteiger partial charge >= 0.3 is 5.97 Å². The summed E-state index contributed by atoms with van der Waals surface area (Å²) < 4.78 is 6.76. The van der Waals surface area contributed by atoms with E-state index in [9.17, 15) is 15.0 Å². The molecule has 6 rings (SSSR count). The van der Waals surface area contributed by atoms with Crippen molar-refractivity contribution < 1.29 is 19.7 Å². The van der Waals surface area contributed by atoms with E-state index in [4.69, 9.17) is 4.74 Å². The Labute approximate surface area is 205 Å². The van der Waals surface area contributed by atoms with E-state index in [0.717, 1.165) is 56.9 Å². The Bertz CT molecular complexity index is 959. The number of aliphatic hydroxyl groups excluding tert-OH is 2. The zero-order valence-corrected chi connectivity index (χ0v) is 22.2. The number of ether oxygens (including phenoxy) is 1. The lowest BCUT2D eigenvalue weighted by atomic mass is 9.29. The highest BCUT2D eigenvalue weighted by Gasteiger charge is 2.81. The smallest absolute Gasteiger partial charge is 0.313 e. The SMILES string of the molecule is C=C1[C@@H](O)[C@H](O)C[C@]2(C)[C@H]3CC[C@]45OC(=O)[C@@]6(CC[C@@H](C)[C@H](C)[C@@H]64)CC[C@@]5(C)[C@]3(C)CC[C@@]12C. The molecule has 1 heterocycles. The molecule has 0 unspecified atom stereocenters. The van der Waals surface area contributed by atoms with Gasteiger partial charge in [-0.05, 0) is 97.4 Å². The lowest BCUT2D eigenvalue weighted by Crippen LogP contribution is -2.73. The second kappa shape index (κ2) is 6.52. The van der Waals surface area contributed by atoms with Crippen molar-refractivity contribution in [1.29, 1.82) is 0 Å². The second-order valence-electron chi connectivity index (χ2n) is 14.6. The summed E-state index contributed by atoms with van der Waals surface area (Å²) in [6.45, 7) is 18.8. The van der Waals surface area contributed by atoms with Crippen LogP contribution < -0.4 is 0 Å². The first-order valence-corrected chi connectivity index (χ1v) is 14.0. The molecule has 5 saturated carbocycles. The summed E-state index contributed by atoms with van der Waals surface area (Å²) in [5.41, 5.74) is -0.195. The van der Waals surface area contributed by atoms with E-state index < -0.39 is 12.2 Å². The van der Waals surface area contributed by atoms with Gasteiger partial charge in [0.25, 0.3) is 0 Å². The molecule has 190 valence electrons. The predicted molar refractivity (Wildman–Crippen MR) is 132 cm³/mol. The number of hydrogen-bond donors (Lipinski definition) is 2. The second-order valence-corrected chi connectivity index (χ2v) is 14.6. The van der Waals surface area contributed by atoms with Crippen LogP contribution in [0, 0.1) is 50.7 Å². The summed E-state index contributed by atoms with van der Waals surface area (Å²) >= 11 is 0. The number of rotatable bonds is 0. The molecule has 6 fully saturated rings. The summed E-state index contributed by atoms with van der Waals surface area (Å²) in [5.74, 6) is 1.95. The third kappa shape index (κ3) is 2.17. The molecule has 1 aliphatic heterocycles. The topological polar surface area (TPSA) is 66.8 Å². The molecular formula is C30H46O4. The number of carbonyl (C=O) groups is 1. The first-order valence-electron chi connectivity index (χ1n) is 14.0. The molecule has 34 heavy (non-hydrogen) atoms. The van der Waals surface area contributed by atoms with Crippen molar-refractivity contribution in [1.82, 2.24) is 0 Å². The van der Waals surface area contributed by atoms with Crippen LogP contribution in [0.1, 0.15) is 99.3 Å². The average molecular weight is 471 g/mol. The molecule has 5 aliphatic carbocycles. The number of carbonyl (C=O) groups excluding carboxylic acids is 1. The molecule has 0 aromatic carbocycles. The van der Waals surface area contributed by atoms with Gasteiger partial charge in [0.2, 0.25) is 0 Å². The molecule has 6 aliphatic rings. The number of aliphatic hydroxyl groups is 2. The number of fused-ring (bicyclic) bond motifs is 4. The minimum absolute atomic E-state index is 0.0129. The fraction of sp³-hybridized carbons (Fsp3) is 0.900. The predicted octanol–water partition coefficient (Wildman–Crippen LogP) is 5.66. The minimum atomic E-state index is -0.830. The van der Waals surface area contributed by atoms with Gasteiger partial charge in [-0.3, -0.25) is 4.79 Å². The molecule has 0 radical (unpaired) electrons. The molecule has 0 aromatic heterocycles. The Morgan fingerprint density at radius 2 is 1.62 bits per heavy atom. The molecule has 2 N–H and O–H groups in total. The molecule has 1 saturated heterocycles. The number of hydrogen-bond acceptors (Lipinski definition) is 4. The van der Waals surface area contributed by atoms with Gasteiger partial charge in [0.15, 0.2) is 0 Å². The normalized spacial score (nSPS) is 62.7. The van der Waals surface area contributed by atoms with Crippen molar-refractivity contribution in [2.24, 2.45) is 50.7 Å². The van der Waals surface area contributed by atoms with Gasteiger partial charge in [-0.25, -0.2) is 0 Å². The van der Waals surface area contributed by atoms with Gasteiger partial charge in [-0.15, -0.1) is 0 Å². The largest absolute Gasteiger partial charge is 0.458 e. The Kier molecular flexibility index (Phi) is 4.51. The summed E-state index contributed by atoms with van der Waals surface area (Å²) in [5, 5.41) is 21.7. The van der Waals surface area contributed by atoms with E-state index in [1.54, 1.807) is 0 Å². The number of esters is 1. The lowest BCUT2D eigenvalue weighted by molar-refractivity contribution is -0.289. The van der Waals surface area contributed by atoms with Gasteiger partial charge in [0.1, 0.15) is 11.7 Å². The zero-order valence-electron chi connectivity index (χ0n) is 22.2. The van der Waals surface area contributed by atoms with Crippen molar-refractivity contribution in [3.8, 4) is 0 Å². The minimum Gasteiger partial charge on any atom is -0.458 e. The van der Waals surface area contributed by atoms with Crippen molar-refractivity contribution >= 4 is 5.97 Å². The van der Waals surface area contributed by atoms with E-state index in [2.05, 4.69) is 48.1 Å². The van der Waals surface area contributed by atoms with Crippen LogP contribution in [0.15, 0.2) is 12.2 Å². The molecule has 4 heteroatoms. The third-order valence-corrected chi connectivity index (χ3v) is 14.3. The monoisotopic (exact) mass is 470 g/mol. The van der Waals surface area contributed by atoms with Crippen molar-refractivity contribution in [2.45, 2.75) is 117 Å². The molecule has 2 bridgehead atoms. The van der Waals surface area contributed by atoms with Gasteiger partial charge < -0.3 is 14.9 Å². The zero-order chi connectivity index (χ0) is 24.7. The molecule has 0 amide bonds. The van der Waals surface area contributed by atoms with E-state index >= 15 is 0 Å². The molecule has 4 nitrogen and oxygen atoms in total. The summed E-state index contributed by atoms with van der Waals surface area (Å²) in [6.07, 6.45) is 7.20. The van der Waals surface area contributed by atoms with Gasteiger partial charge in [0, 0.05) is 11.3 Å². The Hall–Kier alpha value is -0.870. The Morgan fingerprint density at radius 1 is 0.912 bits per heavy atom. The van der Waals surface area contributed by atoms with Crippen molar-refractivity contribution in [2.75, 3.05) is 0 Å². The van der Waals surface area contributed by atoms with Crippen LogP contribution in [0.25, 0.3) is 0 Å². The van der Waals surface area contributed by atoms with E-state index in [1.165, 1.54) is 0 Å².